The van der Waals surface area contributed by atoms with Gasteiger partial charge in [0.25, 0.3) is 0 Å². The molecule has 0 spiro atoms. The van der Waals surface area contributed by atoms with Gasteiger partial charge in [-0.1, -0.05) is 6.08 Å². The Morgan fingerprint density at radius 3 is 2.22 bits per heavy atom. The molecular formula is C14H12O4-2. The van der Waals surface area contributed by atoms with Gasteiger partial charge < -0.3 is 20.4 Å². The van der Waals surface area contributed by atoms with Crippen molar-refractivity contribution < 1.29 is 20.4 Å². The second-order valence-electron chi connectivity index (χ2n) is 3.86. The van der Waals surface area contributed by atoms with Crippen LogP contribution in [0.4, 0.5) is 0 Å². The molecule has 0 saturated carbocycles. The highest BCUT2D eigenvalue weighted by atomic mass is 16.3. The summed E-state index contributed by atoms with van der Waals surface area (Å²) in [5.41, 5.74) is 1.31. The lowest BCUT2D eigenvalue weighted by atomic mass is 10.0. The first-order valence-corrected chi connectivity index (χ1v) is 5.28. The van der Waals surface area contributed by atoms with Gasteiger partial charge in [-0.05, 0) is 0 Å². The summed E-state index contributed by atoms with van der Waals surface area (Å²) >= 11 is 0. The largest absolute Gasteiger partial charge is 0.548 e. The van der Waals surface area contributed by atoms with Crippen molar-refractivity contribution in [3.05, 3.63) is 83.5 Å². The minimum absolute atomic E-state index is 0.0248. The van der Waals surface area contributed by atoms with Crippen LogP contribution in [0.25, 0.3) is 0 Å². The maximum Gasteiger partial charge on any atom is 0.0753 e. The summed E-state index contributed by atoms with van der Waals surface area (Å²) in [5.74, 6) is -0.426. The SMILES string of the molecule is OC1=C/C(=C/C=C2\C=C(O)C(O)=C[CH-]2)[CH-]C(O)=C1. The molecular weight excluding hydrogens is 232 g/mol. The zero-order valence-electron chi connectivity index (χ0n) is 9.41. The molecule has 18 heavy (non-hydrogen) atoms. The summed E-state index contributed by atoms with van der Waals surface area (Å²) < 4.78 is 0. The van der Waals surface area contributed by atoms with E-state index in [0.717, 1.165) is 0 Å². The maximum atomic E-state index is 9.32. The standard InChI is InChI=1S/C14H12O4/c15-11-5-10(6-12(16)8-11)2-1-9-3-4-13(17)14(18)7-9/h1-8,15-18H/q-2/b9-1-. The lowest BCUT2D eigenvalue weighted by Gasteiger charge is -2.19. The minimum atomic E-state index is -0.198. The molecule has 0 aliphatic heterocycles. The minimum Gasteiger partial charge on any atom is -0.548 e. The quantitative estimate of drug-likeness (QED) is 0.534. The molecule has 4 heteroatoms. The molecule has 0 fully saturated rings. The second-order valence-corrected chi connectivity index (χ2v) is 3.86. The number of allylic oxidation sites excluding steroid dienone is 8. The van der Waals surface area contributed by atoms with Crippen LogP contribution in [0.15, 0.2) is 70.6 Å². The van der Waals surface area contributed by atoms with E-state index in [4.69, 9.17) is 5.11 Å². The van der Waals surface area contributed by atoms with Crippen molar-refractivity contribution in [2.45, 2.75) is 0 Å². The van der Waals surface area contributed by atoms with E-state index in [-0.39, 0.29) is 23.0 Å². The van der Waals surface area contributed by atoms with Crippen molar-refractivity contribution in [3.8, 4) is 0 Å². The molecule has 4 N–H and O–H groups in total. The van der Waals surface area contributed by atoms with Crippen molar-refractivity contribution in [1.29, 1.82) is 0 Å². The Hall–Kier alpha value is -2.62. The highest BCUT2D eigenvalue weighted by molar-refractivity contribution is 5.49. The van der Waals surface area contributed by atoms with E-state index in [1.54, 1.807) is 18.6 Å². The molecule has 0 atom stereocenters. The Morgan fingerprint density at radius 2 is 1.56 bits per heavy atom. The van der Waals surface area contributed by atoms with E-state index in [9.17, 15) is 15.3 Å². The van der Waals surface area contributed by atoms with Gasteiger partial charge in [0.05, 0.1) is 11.5 Å². The van der Waals surface area contributed by atoms with E-state index in [1.807, 2.05) is 0 Å². The van der Waals surface area contributed by atoms with Gasteiger partial charge in [-0.3, -0.25) is 0 Å². The first kappa shape index (κ1) is 11.9. The van der Waals surface area contributed by atoms with Crippen LogP contribution in [0.3, 0.4) is 0 Å². The van der Waals surface area contributed by atoms with E-state index in [2.05, 4.69) is 0 Å². The van der Waals surface area contributed by atoms with E-state index in [1.165, 1.54) is 30.7 Å². The molecule has 0 aromatic rings. The van der Waals surface area contributed by atoms with Crippen molar-refractivity contribution in [3.63, 3.8) is 0 Å². The lowest BCUT2D eigenvalue weighted by molar-refractivity contribution is 0.324. The molecule has 0 bridgehead atoms. The first-order valence-electron chi connectivity index (χ1n) is 5.28. The number of rotatable bonds is 1. The smallest absolute Gasteiger partial charge is 0.0753 e. The molecule has 0 unspecified atom stereocenters. The van der Waals surface area contributed by atoms with Gasteiger partial charge in [0, 0.05) is 11.5 Å². The topological polar surface area (TPSA) is 80.9 Å². The van der Waals surface area contributed by atoms with Gasteiger partial charge in [-0.25, -0.2) is 0 Å². The fraction of sp³-hybridized carbons (Fsp3) is 0. The zero-order valence-corrected chi connectivity index (χ0v) is 9.41. The third kappa shape index (κ3) is 2.74. The van der Waals surface area contributed by atoms with Crippen LogP contribution in [0.2, 0.25) is 0 Å². The molecule has 2 aliphatic rings. The van der Waals surface area contributed by atoms with E-state index >= 15 is 0 Å². The summed E-state index contributed by atoms with van der Waals surface area (Å²) in [6.07, 6.45) is 12.0. The van der Waals surface area contributed by atoms with Crippen LogP contribution in [-0.4, -0.2) is 20.4 Å². The Kier molecular flexibility index (Phi) is 3.10. The van der Waals surface area contributed by atoms with E-state index < -0.39 is 0 Å². The Balaban J connectivity index is 2.15. The molecule has 2 aliphatic carbocycles. The van der Waals surface area contributed by atoms with Crippen LogP contribution in [0.1, 0.15) is 0 Å². The van der Waals surface area contributed by atoms with Crippen LogP contribution in [0, 0.1) is 12.8 Å². The van der Waals surface area contributed by atoms with Gasteiger partial charge in [0.15, 0.2) is 0 Å². The zero-order chi connectivity index (χ0) is 13.1. The first-order chi connectivity index (χ1) is 8.54. The number of hydrogen-bond donors (Lipinski definition) is 4. The van der Waals surface area contributed by atoms with Crippen molar-refractivity contribution in [2.75, 3.05) is 0 Å². The van der Waals surface area contributed by atoms with Crippen molar-refractivity contribution in [2.24, 2.45) is 0 Å². The van der Waals surface area contributed by atoms with Crippen molar-refractivity contribution >= 4 is 0 Å². The van der Waals surface area contributed by atoms with Crippen LogP contribution < -0.4 is 0 Å². The van der Waals surface area contributed by atoms with Gasteiger partial charge in [-0.15, -0.1) is 31.1 Å². The number of aliphatic hydroxyl groups is 4. The average Bonchev–Trinajstić information content (AvgIpc) is 2.29. The highest BCUT2D eigenvalue weighted by Gasteiger charge is 1.99. The second kappa shape index (κ2) is 4.71. The van der Waals surface area contributed by atoms with Gasteiger partial charge >= 0.3 is 0 Å². The van der Waals surface area contributed by atoms with Crippen LogP contribution >= 0.6 is 0 Å². The third-order valence-corrected chi connectivity index (χ3v) is 2.39. The molecule has 0 aromatic carbocycles. The highest BCUT2D eigenvalue weighted by Crippen LogP contribution is 2.21. The van der Waals surface area contributed by atoms with Crippen LogP contribution in [0.5, 0.6) is 0 Å². The molecule has 0 saturated heterocycles. The molecule has 0 amide bonds. The van der Waals surface area contributed by atoms with Gasteiger partial charge in [-0.2, -0.15) is 23.3 Å². The maximum absolute atomic E-state index is 9.32. The lowest BCUT2D eigenvalue weighted by Crippen LogP contribution is -1.97. The molecule has 0 aromatic heterocycles. The van der Waals surface area contributed by atoms with Gasteiger partial charge in [0.2, 0.25) is 0 Å². The summed E-state index contributed by atoms with van der Waals surface area (Å²) in [6.45, 7) is 0. The summed E-state index contributed by atoms with van der Waals surface area (Å²) in [5, 5.41) is 37.1. The molecule has 0 radical (unpaired) electrons. The average molecular weight is 244 g/mol. The summed E-state index contributed by atoms with van der Waals surface area (Å²) in [7, 11) is 0. The van der Waals surface area contributed by atoms with Crippen molar-refractivity contribution in [1.82, 2.24) is 0 Å². The Morgan fingerprint density at radius 1 is 0.833 bits per heavy atom. The molecule has 4 nitrogen and oxygen atoms in total. The molecule has 2 rings (SSSR count). The predicted molar refractivity (Wildman–Crippen MR) is 67.6 cm³/mol. The van der Waals surface area contributed by atoms with Gasteiger partial charge in [0.1, 0.15) is 0 Å². The normalized spacial score (nSPS) is 23.6. The predicted octanol–water partition coefficient (Wildman–Crippen LogP) is 3.04. The Bertz CT molecular complexity index is 542. The van der Waals surface area contributed by atoms with Crippen LogP contribution in [-0.2, 0) is 0 Å². The summed E-state index contributed by atoms with van der Waals surface area (Å²) in [4.78, 5) is 0. The monoisotopic (exact) mass is 244 g/mol. The molecule has 0 heterocycles. The molecule has 94 valence electrons. The van der Waals surface area contributed by atoms with E-state index in [0.29, 0.717) is 11.1 Å². The Labute approximate surface area is 105 Å². The third-order valence-electron chi connectivity index (χ3n) is 2.39. The fourth-order valence-electron chi connectivity index (χ4n) is 1.55. The number of hydrogen-bond acceptors (Lipinski definition) is 4. The number of aliphatic hydroxyl groups excluding tert-OH is 4. The fourth-order valence-corrected chi connectivity index (χ4v) is 1.55. The summed E-state index contributed by atoms with van der Waals surface area (Å²) in [6, 6.07) is 0.